The van der Waals surface area contributed by atoms with Crippen molar-refractivity contribution in [3.05, 3.63) is 71.2 Å². The van der Waals surface area contributed by atoms with Crippen LogP contribution in [0.1, 0.15) is 5.56 Å². The summed E-state index contributed by atoms with van der Waals surface area (Å²) in [5.74, 6) is 1.79. The van der Waals surface area contributed by atoms with Crippen LogP contribution >= 0.6 is 11.6 Å². The average molecular weight is 461 g/mol. The van der Waals surface area contributed by atoms with Gasteiger partial charge >= 0.3 is 6.03 Å². The van der Waals surface area contributed by atoms with E-state index in [1.165, 1.54) is 0 Å². The minimum absolute atomic E-state index is 0.155. The van der Waals surface area contributed by atoms with Gasteiger partial charge in [0, 0.05) is 44.0 Å². The maximum Gasteiger partial charge on any atom is 0.329 e. The highest BCUT2D eigenvalue weighted by Gasteiger charge is 2.34. The zero-order valence-electron chi connectivity index (χ0n) is 18.0. The second kappa shape index (κ2) is 8.57. The lowest BCUT2D eigenvalue weighted by atomic mass is 10.1. The monoisotopic (exact) mass is 460 g/mol. The summed E-state index contributed by atoms with van der Waals surface area (Å²) in [4.78, 5) is 19.4. The molecule has 0 aliphatic carbocycles. The number of urea groups is 1. The van der Waals surface area contributed by atoms with Gasteiger partial charge in [-0.05, 0) is 30.3 Å². The summed E-state index contributed by atoms with van der Waals surface area (Å²) in [6.07, 6.45) is 0. The number of nitriles is 1. The molecule has 0 radical (unpaired) electrons. The molecule has 8 heteroatoms. The van der Waals surface area contributed by atoms with E-state index in [4.69, 9.17) is 21.1 Å². The lowest BCUT2D eigenvalue weighted by Crippen LogP contribution is -2.52. The first-order valence-corrected chi connectivity index (χ1v) is 11.0. The first-order valence-electron chi connectivity index (χ1n) is 10.6. The van der Waals surface area contributed by atoms with Crippen molar-refractivity contribution in [3.63, 3.8) is 0 Å². The number of anilines is 3. The predicted octanol–water partition coefficient (Wildman–Crippen LogP) is 5.41. The Morgan fingerprint density at radius 2 is 1.79 bits per heavy atom. The van der Waals surface area contributed by atoms with Crippen molar-refractivity contribution < 1.29 is 14.3 Å². The number of carbonyl (C=O) groups excluding carboxylic acids is 1. The van der Waals surface area contributed by atoms with Gasteiger partial charge in [-0.25, -0.2) is 4.79 Å². The second-order valence-electron chi connectivity index (χ2n) is 7.77. The number of carbonyl (C=O) groups is 1. The smallest absolute Gasteiger partial charge is 0.329 e. The minimum Gasteiger partial charge on any atom is -0.497 e. The first-order chi connectivity index (χ1) is 16.1. The molecule has 2 aliphatic heterocycles. The van der Waals surface area contributed by atoms with Crippen molar-refractivity contribution in [2.75, 3.05) is 43.1 Å². The van der Waals surface area contributed by atoms with E-state index in [0.717, 1.165) is 11.4 Å². The number of benzene rings is 3. The predicted molar refractivity (Wildman–Crippen MR) is 127 cm³/mol. The van der Waals surface area contributed by atoms with Crippen LogP contribution in [0.5, 0.6) is 17.2 Å². The Labute approximate surface area is 196 Å². The van der Waals surface area contributed by atoms with Crippen LogP contribution in [-0.2, 0) is 0 Å². The Morgan fingerprint density at radius 1 is 1.00 bits per heavy atom. The van der Waals surface area contributed by atoms with Gasteiger partial charge in [0.15, 0.2) is 11.5 Å². The van der Waals surface area contributed by atoms with Gasteiger partial charge in [-0.2, -0.15) is 5.26 Å². The Morgan fingerprint density at radius 3 is 2.55 bits per heavy atom. The molecule has 0 bridgehead atoms. The number of methoxy groups -OCH3 is 1. The van der Waals surface area contributed by atoms with Gasteiger partial charge in [0.2, 0.25) is 0 Å². The zero-order valence-corrected chi connectivity index (χ0v) is 18.7. The van der Waals surface area contributed by atoms with Gasteiger partial charge < -0.3 is 19.3 Å². The van der Waals surface area contributed by atoms with E-state index in [1.54, 1.807) is 30.2 Å². The minimum atomic E-state index is -0.155. The number of hydrogen-bond acceptors (Lipinski definition) is 5. The Hall–Kier alpha value is -3.89. The molecule has 0 spiro atoms. The van der Waals surface area contributed by atoms with Crippen LogP contribution in [0.2, 0.25) is 5.02 Å². The lowest BCUT2D eigenvalue weighted by molar-refractivity contribution is 0.203. The van der Waals surface area contributed by atoms with Crippen molar-refractivity contribution in [1.29, 1.82) is 5.26 Å². The van der Waals surface area contributed by atoms with Gasteiger partial charge in [0.05, 0.1) is 29.1 Å². The molecule has 2 aliphatic rings. The highest BCUT2D eigenvalue weighted by Crippen LogP contribution is 2.48. The highest BCUT2D eigenvalue weighted by atomic mass is 35.5. The highest BCUT2D eigenvalue weighted by molar-refractivity contribution is 6.32. The van der Waals surface area contributed by atoms with Crippen LogP contribution in [0, 0.1) is 11.3 Å². The van der Waals surface area contributed by atoms with Crippen LogP contribution in [0.3, 0.4) is 0 Å². The fourth-order valence-corrected chi connectivity index (χ4v) is 4.37. The maximum absolute atomic E-state index is 13.7. The Balaban J connectivity index is 1.42. The molecular formula is C25H21ClN4O3. The van der Waals surface area contributed by atoms with Gasteiger partial charge in [-0.3, -0.25) is 4.90 Å². The van der Waals surface area contributed by atoms with Crippen LogP contribution < -0.4 is 19.3 Å². The van der Waals surface area contributed by atoms with Gasteiger partial charge in [-0.1, -0.05) is 29.8 Å². The van der Waals surface area contributed by atoms with Crippen LogP contribution in [0.15, 0.2) is 60.7 Å². The van der Waals surface area contributed by atoms with E-state index in [1.807, 2.05) is 47.4 Å². The van der Waals surface area contributed by atoms with Crippen LogP contribution in [0.25, 0.3) is 0 Å². The molecule has 0 saturated carbocycles. The molecule has 5 rings (SSSR count). The largest absolute Gasteiger partial charge is 0.497 e. The zero-order chi connectivity index (χ0) is 22.9. The number of halogens is 1. The summed E-state index contributed by atoms with van der Waals surface area (Å²) in [5.41, 5.74) is 2.54. The first kappa shape index (κ1) is 21.0. The summed E-state index contributed by atoms with van der Waals surface area (Å²) in [5, 5.41) is 9.63. The molecule has 0 unspecified atom stereocenters. The molecule has 1 fully saturated rings. The summed E-state index contributed by atoms with van der Waals surface area (Å²) < 4.78 is 11.3. The lowest BCUT2D eigenvalue weighted by Gasteiger charge is -2.40. The molecule has 0 N–H and O–H groups in total. The van der Waals surface area contributed by atoms with Gasteiger partial charge in [0.25, 0.3) is 0 Å². The molecule has 33 heavy (non-hydrogen) atoms. The average Bonchev–Trinajstić information content (AvgIpc) is 2.87. The van der Waals surface area contributed by atoms with E-state index >= 15 is 0 Å². The summed E-state index contributed by atoms with van der Waals surface area (Å²) in [6.45, 7) is 2.53. The summed E-state index contributed by atoms with van der Waals surface area (Å²) in [7, 11) is 1.65. The van der Waals surface area contributed by atoms with Crippen LogP contribution in [0.4, 0.5) is 21.9 Å². The van der Waals surface area contributed by atoms with E-state index in [0.29, 0.717) is 54.6 Å². The van der Waals surface area contributed by atoms with E-state index in [-0.39, 0.29) is 11.1 Å². The number of nitrogens with zero attached hydrogens (tertiary/aromatic N) is 4. The van der Waals surface area contributed by atoms with Gasteiger partial charge in [0.1, 0.15) is 11.8 Å². The Bertz CT molecular complexity index is 1260. The van der Waals surface area contributed by atoms with E-state index < -0.39 is 0 Å². The SMILES string of the molecule is COc1cccc(N2CCN(C(=O)N3c4ccccc4Oc4cc(C#N)c(Cl)cc43)CC2)c1. The van der Waals surface area contributed by atoms with Crippen molar-refractivity contribution in [2.45, 2.75) is 0 Å². The fraction of sp³-hybridized carbons (Fsp3) is 0.200. The standard InChI is InChI=1S/C25H21ClN4O3/c1-32-19-6-4-5-18(14-19)28-9-11-29(12-10-28)25(31)30-21-7-2-3-8-23(21)33-24-13-17(16-27)20(26)15-22(24)30/h2-8,13-15H,9-12H2,1H3. The third kappa shape index (κ3) is 3.79. The second-order valence-corrected chi connectivity index (χ2v) is 8.18. The molecule has 0 aromatic heterocycles. The molecular weight excluding hydrogens is 440 g/mol. The molecule has 2 amide bonds. The molecule has 2 heterocycles. The molecule has 7 nitrogen and oxygen atoms in total. The molecule has 1 saturated heterocycles. The van der Waals surface area contributed by atoms with Gasteiger partial charge in [-0.15, -0.1) is 0 Å². The number of fused-ring (bicyclic) bond motifs is 2. The van der Waals surface area contributed by atoms with Crippen molar-refractivity contribution in [2.24, 2.45) is 0 Å². The van der Waals surface area contributed by atoms with Crippen molar-refractivity contribution in [3.8, 4) is 23.3 Å². The number of piperazine rings is 1. The van der Waals surface area contributed by atoms with Crippen molar-refractivity contribution >= 4 is 34.7 Å². The molecule has 3 aromatic rings. The fourth-order valence-electron chi connectivity index (χ4n) is 4.17. The van der Waals surface area contributed by atoms with E-state index in [9.17, 15) is 10.1 Å². The number of rotatable bonds is 2. The molecule has 3 aromatic carbocycles. The summed E-state index contributed by atoms with van der Waals surface area (Å²) >= 11 is 6.31. The summed E-state index contributed by atoms with van der Waals surface area (Å²) in [6, 6.07) is 20.4. The topological polar surface area (TPSA) is 69.0 Å². The van der Waals surface area contributed by atoms with Crippen LogP contribution in [-0.4, -0.2) is 44.2 Å². The molecule has 166 valence electrons. The number of para-hydroxylation sites is 2. The Kier molecular flexibility index (Phi) is 5.45. The number of ether oxygens (including phenoxy) is 2. The number of hydrogen-bond donors (Lipinski definition) is 0. The third-order valence-electron chi connectivity index (χ3n) is 5.90. The third-order valence-corrected chi connectivity index (χ3v) is 6.21. The number of amides is 2. The van der Waals surface area contributed by atoms with E-state index in [2.05, 4.69) is 11.0 Å². The quantitative estimate of drug-likeness (QED) is 0.511. The molecule has 0 atom stereocenters. The van der Waals surface area contributed by atoms with Crippen molar-refractivity contribution in [1.82, 2.24) is 4.90 Å². The maximum atomic E-state index is 13.7. The normalized spacial score (nSPS) is 14.6.